The van der Waals surface area contributed by atoms with Crippen molar-refractivity contribution in [1.29, 1.82) is 5.26 Å². The molecule has 3 heteroatoms. The van der Waals surface area contributed by atoms with E-state index >= 15 is 0 Å². The molecule has 0 unspecified atom stereocenters. The maximum Gasteiger partial charge on any atom is 0.0655 e. The normalized spacial score (nSPS) is 23.4. The Bertz CT molecular complexity index is 807. The van der Waals surface area contributed by atoms with E-state index in [1.807, 2.05) is 0 Å². The summed E-state index contributed by atoms with van der Waals surface area (Å²) < 4.78 is 0. The van der Waals surface area contributed by atoms with E-state index in [4.69, 9.17) is 5.26 Å². The Hall–Kier alpha value is -2.31. The summed E-state index contributed by atoms with van der Waals surface area (Å²) in [6, 6.07) is 21.1. The average molecular weight is 374 g/mol. The van der Waals surface area contributed by atoms with Gasteiger partial charge in [-0.15, -0.1) is 0 Å². The predicted octanol–water partition coefficient (Wildman–Crippen LogP) is 5.30. The van der Waals surface area contributed by atoms with E-state index in [1.54, 1.807) is 0 Å². The van der Waals surface area contributed by atoms with Gasteiger partial charge < -0.3 is 10.2 Å². The lowest BCUT2D eigenvalue weighted by Crippen LogP contribution is -2.47. The van der Waals surface area contributed by atoms with Crippen LogP contribution >= 0.6 is 0 Å². The van der Waals surface area contributed by atoms with Crippen LogP contribution in [0.25, 0.3) is 11.1 Å². The van der Waals surface area contributed by atoms with Crippen molar-refractivity contribution < 1.29 is 0 Å². The minimum atomic E-state index is 0.291. The van der Waals surface area contributed by atoms with Gasteiger partial charge in [0.25, 0.3) is 0 Å². The average Bonchev–Trinajstić information content (AvgIpc) is 2.76. The predicted molar refractivity (Wildman–Crippen MR) is 116 cm³/mol. The van der Waals surface area contributed by atoms with Crippen LogP contribution in [0, 0.1) is 24.2 Å². The van der Waals surface area contributed by atoms with Crippen LogP contribution in [0.2, 0.25) is 0 Å². The third-order valence-corrected chi connectivity index (χ3v) is 6.61. The van der Waals surface area contributed by atoms with Gasteiger partial charge in [0.15, 0.2) is 0 Å². The van der Waals surface area contributed by atoms with Gasteiger partial charge in [0.1, 0.15) is 0 Å². The van der Waals surface area contributed by atoms with Crippen molar-refractivity contribution in [1.82, 2.24) is 5.32 Å². The number of rotatable bonds is 4. The summed E-state index contributed by atoms with van der Waals surface area (Å²) in [5, 5.41) is 13.0. The zero-order chi connectivity index (χ0) is 19.3. The topological polar surface area (TPSA) is 39.1 Å². The van der Waals surface area contributed by atoms with Gasteiger partial charge in [-0.3, -0.25) is 0 Å². The second-order valence-corrected chi connectivity index (χ2v) is 8.42. The largest absolute Gasteiger partial charge is 0.371 e. The number of nitrogens with zero attached hydrogens (tertiary/aromatic N) is 2. The summed E-state index contributed by atoms with van der Waals surface area (Å²) >= 11 is 0. The number of nitrogens with one attached hydrogen (secondary N) is 1. The molecule has 2 aliphatic rings. The van der Waals surface area contributed by atoms with Crippen molar-refractivity contribution in [2.75, 3.05) is 18.0 Å². The zero-order valence-electron chi connectivity index (χ0n) is 16.9. The van der Waals surface area contributed by atoms with E-state index in [0.717, 1.165) is 38.8 Å². The highest BCUT2D eigenvalue weighted by atomic mass is 15.2. The fourth-order valence-corrected chi connectivity index (χ4v) is 4.91. The molecule has 2 aromatic carbocycles. The van der Waals surface area contributed by atoms with Gasteiger partial charge in [0.2, 0.25) is 0 Å². The lowest BCUT2D eigenvalue weighted by molar-refractivity contribution is 0.285. The molecule has 0 radical (unpaired) electrons. The van der Waals surface area contributed by atoms with Gasteiger partial charge in [0.05, 0.1) is 6.07 Å². The standard InChI is InChI=1S/C25H31N3/c1-19-24(21-6-3-2-4-7-21)8-5-9-25(19)28-16-14-23(15-17-28)27-22-12-10-20(18-26)11-13-22/h2-9,20,22-23,27H,10-17H2,1H3. The molecule has 28 heavy (non-hydrogen) atoms. The molecule has 1 saturated carbocycles. The van der Waals surface area contributed by atoms with Crippen LogP contribution in [0.5, 0.6) is 0 Å². The molecule has 1 aliphatic heterocycles. The molecule has 0 amide bonds. The monoisotopic (exact) mass is 373 g/mol. The Kier molecular flexibility index (Phi) is 5.98. The smallest absolute Gasteiger partial charge is 0.0655 e. The fraction of sp³-hybridized carbons (Fsp3) is 0.480. The lowest BCUT2D eigenvalue weighted by Gasteiger charge is -2.38. The van der Waals surface area contributed by atoms with Gasteiger partial charge in [-0.1, -0.05) is 42.5 Å². The van der Waals surface area contributed by atoms with Crippen LogP contribution in [-0.2, 0) is 0 Å². The van der Waals surface area contributed by atoms with Crippen LogP contribution in [-0.4, -0.2) is 25.2 Å². The summed E-state index contributed by atoms with van der Waals surface area (Å²) in [6.45, 7) is 4.49. The molecule has 2 fully saturated rings. The van der Waals surface area contributed by atoms with E-state index in [0.29, 0.717) is 18.0 Å². The van der Waals surface area contributed by atoms with Gasteiger partial charge in [-0.2, -0.15) is 5.26 Å². The van der Waals surface area contributed by atoms with E-state index in [1.165, 1.54) is 35.2 Å². The zero-order valence-corrected chi connectivity index (χ0v) is 16.9. The first kappa shape index (κ1) is 19.0. The molecule has 1 N–H and O–H groups in total. The first-order valence-electron chi connectivity index (χ1n) is 10.8. The van der Waals surface area contributed by atoms with Gasteiger partial charge in [-0.05, 0) is 68.2 Å². The summed E-state index contributed by atoms with van der Waals surface area (Å²) in [5.41, 5.74) is 5.41. The summed E-state index contributed by atoms with van der Waals surface area (Å²) in [7, 11) is 0. The maximum absolute atomic E-state index is 9.07. The molecule has 1 heterocycles. The molecule has 0 bridgehead atoms. The first-order chi connectivity index (χ1) is 13.7. The molecule has 2 aromatic rings. The second-order valence-electron chi connectivity index (χ2n) is 8.42. The Morgan fingerprint density at radius 2 is 1.54 bits per heavy atom. The van der Waals surface area contributed by atoms with E-state index in [9.17, 15) is 0 Å². The third-order valence-electron chi connectivity index (χ3n) is 6.61. The Balaban J connectivity index is 1.36. The van der Waals surface area contributed by atoms with Crippen molar-refractivity contribution in [3.63, 3.8) is 0 Å². The van der Waals surface area contributed by atoms with Gasteiger partial charge in [-0.25, -0.2) is 0 Å². The van der Waals surface area contributed by atoms with Crippen LogP contribution in [0.3, 0.4) is 0 Å². The number of nitriles is 1. The van der Waals surface area contributed by atoms with Gasteiger partial charge in [0, 0.05) is 36.8 Å². The highest BCUT2D eigenvalue weighted by Gasteiger charge is 2.26. The quantitative estimate of drug-likeness (QED) is 0.790. The lowest BCUT2D eigenvalue weighted by atomic mass is 9.86. The number of hydrogen-bond donors (Lipinski definition) is 1. The Morgan fingerprint density at radius 3 is 2.21 bits per heavy atom. The highest BCUT2D eigenvalue weighted by Crippen LogP contribution is 2.32. The molecular weight excluding hydrogens is 342 g/mol. The van der Waals surface area contributed by atoms with Crippen molar-refractivity contribution in [3.8, 4) is 17.2 Å². The Morgan fingerprint density at radius 1 is 0.857 bits per heavy atom. The Labute approximate surface area is 169 Å². The number of anilines is 1. The molecule has 0 spiro atoms. The highest BCUT2D eigenvalue weighted by molar-refractivity contribution is 5.74. The number of benzene rings is 2. The molecule has 4 rings (SSSR count). The molecule has 0 aromatic heterocycles. The molecule has 146 valence electrons. The minimum absolute atomic E-state index is 0.291. The molecular formula is C25H31N3. The second kappa shape index (κ2) is 8.80. The van der Waals surface area contributed by atoms with Crippen LogP contribution in [0.15, 0.2) is 48.5 Å². The first-order valence-corrected chi connectivity index (χ1v) is 10.8. The van der Waals surface area contributed by atoms with Crippen LogP contribution in [0.1, 0.15) is 44.1 Å². The van der Waals surface area contributed by atoms with E-state index < -0.39 is 0 Å². The summed E-state index contributed by atoms with van der Waals surface area (Å²) in [6.07, 6.45) is 6.87. The molecule has 1 aliphatic carbocycles. The van der Waals surface area contributed by atoms with Crippen LogP contribution < -0.4 is 10.2 Å². The molecule has 3 nitrogen and oxygen atoms in total. The summed E-state index contributed by atoms with van der Waals surface area (Å²) in [4.78, 5) is 2.56. The van der Waals surface area contributed by atoms with Crippen molar-refractivity contribution in [3.05, 3.63) is 54.1 Å². The molecule has 1 saturated heterocycles. The van der Waals surface area contributed by atoms with E-state index in [-0.39, 0.29) is 0 Å². The minimum Gasteiger partial charge on any atom is -0.371 e. The number of hydrogen-bond acceptors (Lipinski definition) is 3. The SMILES string of the molecule is Cc1c(-c2ccccc2)cccc1N1CCC(NC2CCC(C#N)CC2)CC1. The summed E-state index contributed by atoms with van der Waals surface area (Å²) in [5.74, 6) is 0.291. The van der Waals surface area contributed by atoms with Gasteiger partial charge >= 0.3 is 0 Å². The van der Waals surface area contributed by atoms with E-state index in [2.05, 4.69) is 71.7 Å². The maximum atomic E-state index is 9.07. The van der Waals surface area contributed by atoms with Crippen LogP contribution in [0.4, 0.5) is 5.69 Å². The fourth-order valence-electron chi connectivity index (χ4n) is 4.91. The molecule has 0 atom stereocenters. The van der Waals surface area contributed by atoms with Crippen molar-refractivity contribution in [2.45, 2.75) is 57.5 Å². The van der Waals surface area contributed by atoms with Crippen molar-refractivity contribution >= 4 is 5.69 Å². The van der Waals surface area contributed by atoms with Crippen molar-refractivity contribution in [2.24, 2.45) is 5.92 Å². The number of piperidine rings is 1. The third kappa shape index (κ3) is 4.23.